The van der Waals surface area contributed by atoms with Crippen LogP contribution in [0.15, 0.2) is 22.9 Å². The molecule has 0 bridgehead atoms. The first-order chi connectivity index (χ1) is 6.20. The highest BCUT2D eigenvalue weighted by Crippen LogP contribution is 2.17. The summed E-state index contributed by atoms with van der Waals surface area (Å²) in [5, 5.41) is 0. The summed E-state index contributed by atoms with van der Waals surface area (Å²) in [6, 6.07) is 1.38. The van der Waals surface area contributed by atoms with Crippen molar-refractivity contribution < 1.29 is 4.39 Å². The minimum atomic E-state index is -0.356. The van der Waals surface area contributed by atoms with Crippen molar-refractivity contribution in [3.8, 4) is 0 Å². The zero-order valence-electron chi connectivity index (χ0n) is 6.47. The third-order valence-electron chi connectivity index (χ3n) is 1.66. The number of rotatable bonds is 1. The third kappa shape index (κ3) is 1.56. The number of pyridine rings is 1. The lowest BCUT2D eigenvalue weighted by molar-refractivity contribution is 0.629. The number of imidazole rings is 1. The molecule has 0 aliphatic rings. The first-order valence-corrected chi connectivity index (χ1v) is 4.92. The van der Waals surface area contributed by atoms with E-state index in [0.29, 0.717) is 21.7 Å². The molecule has 5 heteroatoms. The van der Waals surface area contributed by atoms with Crippen LogP contribution in [0.3, 0.4) is 0 Å². The quantitative estimate of drug-likeness (QED) is 0.723. The van der Waals surface area contributed by atoms with Gasteiger partial charge in [0.05, 0.1) is 11.6 Å². The van der Waals surface area contributed by atoms with Crippen molar-refractivity contribution >= 4 is 33.2 Å². The highest BCUT2D eigenvalue weighted by atomic mass is 79.9. The predicted molar refractivity (Wildman–Crippen MR) is 52.4 cm³/mol. The lowest BCUT2D eigenvalue weighted by Gasteiger charge is -1.94. The summed E-state index contributed by atoms with van der Waals surface area (Å²) in [6.07, 6.45) is 3.44. The maximum Gasteiger partial charge on any atom is 0.173 e. The molecule has 2 heterocycles. The van der Waals surface area contributed by atoms with E-state index in [-0.39, 0.29) is 5.82 Å². The minimum Gasteiger partial charge on any atom is -0.303 e. The van der Waals surface area contributed by atoms with Crippen LogP contribution in [0.2, 0.25) is 0 Å². The fourth-order valence-electron chi connectivity index (χ4n) is 1.14. The van der Waals surface area contributed by atoms with Crippen molar-refractivity contribution in [2.45, 2.75) is 5.88 Å². The second kappa shape index (κ2) is 3.27. The van der Waals surface area contributed by atoms with Crippen molar-refractivity contribution in [3.05, 3.63) is 34.4 Å². The Hall–Kier alpha value is -0.610. The Kier molecular flexibility index (Phi) is 2.26. The highest BCUT2D eigenvalue weighted by Gasteiger charge is 2.06. The number of hydrogen-bond donors (Lipinski definition) is 0. The van der Waals surface area contributed by atoms with E-state index in [1.54, 1.807) is 16.8 Å². The topological polar surface area (TPSA) is 17.3 Å². The molecule has 13 heavy (non-hydrogen) atoms. The third-order valence-corrected chi connectivity index (χ3v) is 2.37. The molecule has 0 saturated carbocycles. The van der Waals surface area contributed by atoms with E-state index in [2.05, 4.69) is 20.9 Å². The Morgan fingerprint density at radius 2 is 2.31 bits per heavy atom. The average Bonchev–Trinajstić information content (AvgIpc) is 2.47. The van der Waals surface area contributed by atoms with Gasteiger partial charge in [-0.05, 0) is 22.0 Å². The van der Waals surface area contributed by atoms with Gasteiger partial charge in [0.15, 0.2) is 11.5 Å². The van der Waals surface area contributed by atoms with Crippen molar-refractivity contribution in [3.63, 3.8) is 0 Å². The summed E-state index contributed by atoms with van der Waals surface area (Å²) < 4.78 is 15.5. The van der Waals surface area contributed by atoms with Crippen LogP contribution in [0, 0.1) is 5.82 Å². The van der Waals surface area contributed by atoms with Crippen LogP contribution in [-0.4, -0.2) is 9.38 Å². The van der Waals surface area contributed by atoms with E-state index < -0.39 is 0 Å². The van der Waals surface area contributed by atoms with E-state index in [1.807, 2.05) is 0 Å². The normalized spacial score (nSPS) is 11.0. The number of alkyl halides is 1. The van der Waals surface area contributed by atoms with Crippen molar-refractivity contribution in [1.29, 1.82) is 0 Å². The number of fused-ring (bicyclic) bond motifs is 1. The Balaban J connectivity index is 2.75. The van der Waals surface area contributed by atoms with Crippen molar-refractivity contribution in [2.24, 2.45) is 0 Å². The highest BCUT2D eigenvalue weighted by molar-refractivity contribution is 9.10. The Labute approximate surface area is 87.5 Å². The van der Waals surface area contributed by atoms with Crippen LogP contribution < -0.4 is 0 Å². The van der Waals surface area contributed by atoms with Gasteiger partial charge >= 0.3 is 0 Å². The monoisotopic (exact) mass is 262 g/mol. The molecule has 2 nitrogen and oxygen atoms in total. The summed E-state index contributed by atoms with van der Waals surface area (Å²) in [5.74, 6) is -0.0654. The molecular weight excluding hydrogens is 258 g/mol. The van der Waals surface area contributed by atoms with Gasteiger partial charge in [0.1, 0.15) is 0 Å². The number of halogens is 3. The van der Waals surface area contributed by atoms with Crippen LogP contribution in [-0.2, 0) is 5.88 Å². The van der Waals surface area contributed by atoms with Crippen LogP contribution >= 0.6 is 27.5 Å². The molecular formula is C8H5BrClFN2. The molecule has 0 saturated heterocycles. The van der Waals surface area contributed by atoms with Crippen LogP contribution in [0.25, 0.3) is 5.65 Å². The molecule has 0 atom stereocenters. The molecule has 2 aromatic rings. The molecule has 0 aromatic carbocycles. The molecule has 2 rings (SSSR count). The molecule has 0 radical (unpaired) electrons. The van der Waals surface area contributed by atoms with E-state index in [9.17, 15) is 4.39 Å². The Morgan fingerprint density at radius 1 is 1.54 bits per heavy atom. The zero-order valence-corrected chi connectivity index (χ0v) is 8.81. The Morgan fingerprint density at radius 3 is 3.00 bits per heavy atom. The second-order valence-corrected chi connectivity index (χ2v) is 3.79. The SMILES string of the molecule is Fc1cc(Br)cn2cc(CCl)nc12. The molecule has 0 spiro atoms. The van der Waals surface area contributed by atoms with E-state index in [4.69, 9.17) is 11.6 Å². The number of hydrogen-bond acceptors (Lipinski definition) is 1. The van der Waals surface area contributed by atoms with Gasteiger partial charge in [0, 0.05) is 16.9 Å². The molecule has 0 aliphatic carbocycles. The summed E-state index contributed by atoms with van der Waals surface area (Å²) in [7, 11) is 0. The summed E-state index contributed by atoms with van der Waals surface area (Å²) in [6.45, 7) is 0. The van der Waals surface area contributed by atoms with E-state index in [0.717, 1.165) is 0 Å². The molecule has 0 N–H and O–H groups in total. The number of aromatic nitrogens is 2. The molecule has 2 aromatic heterocycles. The van der Waals surface area contributed by atoms with Crippen LogP contribution in [0.5, 0.6) is 0 Å². The van der Waals surface area contributed by atoms with Gasteiger partial charge in [-0.3, -0.25) is 0 Å². The molecule has 0 aliphatic heterocycles. The largest absolute Gasteiger partial charge is 0.303 e. The molecule has 0 fully saturated rings. The fourth-order valence-corrected chi connectivity index (χ4v) is 1.69. The van der Waals surface area contributed by atoms with Crippen LogP contribution in [0.4, 0.5) is 4.39 Å². The van der Waals surface area contributed by atoms with Crippen molar-refractivity contribution in [1.82, 2.24) is 9.38 Å². The van der Waals surface area contributed by atoms with Crippen LogP contribution in [0.1, 0.15) is 5.69 Å². The average molecular weight is 263 g/mol. The maximum absolute atomic E-state index is 13.2. The predicted octanol–water partition coefficient (Wildman–Crippen LogP) is 2.97. The fraction of sp³-hybridized carbons (Fsp3) is 0.125. The summed E-state index contributed by atoms with van der Waals surface area (Å²) in [5.41, 5.74) is 0.970. The summed E-state index contributed by atoms with van der Waals surface area (Å²) in [4.78, 5) is 4.01. The molecule has 0 amide bonds. The van der Waals surface area contributed by atoms with E-state index in [1.165, 1.54) is 6.07 Å². The van der Waals surface area contributed by atoms with Gasteiger partial charge in [-0.1, -0.05) is 0 Å². The van der Waals surface area contributed by atoms with Gasteiger partial charge in [-0.25, -0.2) is 9.37 Å². The standard InChI is InChI=1S/C8H5BrClFN2/c9-5-1-7(11)8-12-6(2-10)4-13(8)3-5/h1,3-4H,2H2. The first-order valence-electron chi connectivity index (χ1n) is 3.59. The van der Waals surface area contributed by atoms with Gasteiger partial charge in [-0.15, -0.1) is 11.6 Å². The van der Waals surface area contributed by atoms with Gasteiger partial charge in [0.25, 0.3) is 0 Å². The van der Waals surface area contributed by atoms with Crippen molar-refractivity contribution in [2.75, 3.05) is 0 Å². The zero-order chi connectivity index (χ0) is 9.42. The van der Waals surface area contributed by atoms with Gasteiger partial charge < -0.3 is 4.40 Å². The summed E-state index contributed by atoms with van der Waals surface area (Å²) >= 11 is 8.77. The van der Waals surface area contributed by atoms with E-state index >= 15 is 0 Å². The minimum absolute atomic E-state index is 0.290. The lowest BCUT2D eigenvalue weighted by Crippen LogP contribution is -1.87. The number of nitrogens with zero attached hydrogens (tertiary/aromatic N) is 2. The maximum atomic E-state index is 13.2. The lowest BCUT2D eigenvalue weighted by atomic mass is 10.4. The smallest absolute Gasteiger partial charge is 0.173 e. The first kappa shape index (κ1) is 8.97. The molecule has 0 unspecified atom stereocenters. The molecule has 68 valence electrons. The Bertz CT molecular complexity index is 455. The second-order valence-electron chi connectivity index (χ2n) is 2.60. The van der Waals surface area contributed by atoms with Gasteiger partial charge in [0.2, 0.25) is 0 Å². The van der Waals surface area contributed by atoms with Gasteiger partial charge in [-0.2, -0.15) is 0 Å².